The van der Waals surface area contributed by atoms with Crippen molar-refractivity contribution in [3.05, 3.63) is 36.2 Å². The third-order valence-corrected chi connectivity index (χ3v) is 5.63. The van der Waals surface area contributed by atoms with Gasteiger partial charge in [0, 0.05) is 52.0 Å². The highest BCUT2D eigenvalue weighted by atomic mass is 16.5. The molecule has 2 saturated heterocycles. The van der Waals surface area contributed by atoms with E-state index in [1.54, 1.807) is 7.11 Å². The second kappa shape index (κ2) is 8.97. The van der Waals surface area contributed by atoms with Crippen LogP contribution in [0.1, 0.15) is 18.2 Å². The summed E-state index contributed by atoms with van der Waals surface area (Å²) in [6.07, 6.45) is 2.74. The van der Waals surface area contributed by atoms with Crippen molar-refractivity contribution in [2.75, 3.05) is 65.4 Å². The molecule has 0 unspecified atom stereocenters. The Morgan fingerprint density at radius 2 is 2.00 bits per heavy atom. The van der Waals surface area contributed by atoms with Crippen molar-refractivity contribution in [2.24, 2.45) is 0 Å². The SMILES string of the molecule is COc1ccc(-c2cnc(N(C)C)nc2[C@@H]2CN(CC(=O)N3CCC3)CCO2)cc1. The summed E-state index contributed by atoms with van der Waals surface area (Å²) >= 11 is 0. The Labute approximate surface area is 177 Å². The molecule has 2 fully saturated rings. The number of methoxy groups -OCH3 is 1. The van der Waals surface area contributed by atoms with Gasteiger partial charge in [0.05, 0.1) is 26.0 Å². The number of aromatic nitrogens is 2. The zero-order chi connectivity index (χ0) is 21.1. The number of carbonyl (C=O) groups excluding carboxylic acids is 1. The largest absolute Gasteiger partial charge is 0.497 e. The third-order valence-electron chi connectivity index (χ3n) is 5.63. The Hall–Kier alpha value is -2.71. The van der Waals surface area contributed by atoms with Gasteiger partial charge in [0.1, 0.15) is 11.9 Å². The Kier molecular flexibility index (Phi) is 6.15. The van der Waals surface area contributed by atoms with E-state index in [1.807, 2.05) is 54.4 Å². The van der Waals surface area contributed by atoms with Gasteiger partial charge >= 0.3 is 0 Å². The summed E-state index contributed by atoms with van der Waals surface area (Å²) in [6.45, 7) is 4.15. The van der Waals surface area contributed by atoms with Crippen molar-refractivity contribution in [1.82, 2.24) is 19.8 Å². The van der Waals surface area contributed by atoms with E-state index in [-0.39, 0.29) is 12.0 Å². The van der Waals surface area contributed by atoms with Gasteiger partial charge in [0.15, 0.2) is 0 Å². The number of hydrogen-bond acceptors (Lipinski definition) is 7. The van der Waals surface area contributed by atoms with Crippen molar-refractivity contribution in [1.29, 1.82) is 0 Å². The molecule has 0 radical (unpaired) electrons. The van der Waals surface area contributed by atoms with E-state index in [9.17, 15) is 4.79 Å². The van der Waals surface area contributed by atoms with Gasteiger partial charge in [0.25, 0.3) is 0 Å². The number of nitrogens with zero attached hydrogens (tertiary/aromatic N) is 5. The molecule has 0 bridgehead atoms. The van der Waals surface area contributed by atoms with Gasteiger partial charge < -0.3 is 19.3 Å². The van der Waals surface area contributed by atoms with E-state index in [4.69, 9.17) is 14.5 Å². The summed E-state index contributed by atoms with van der Waals surface area (Å²) in [6, 6.07) is 7.87. The summed E-state index contributed by atoms with van der Waals surface area (Å²) in [5.74, 6) is 1.64. The fourth-order valence-electron chi connectivity index (χ4n) is 3.71. The maximum absolute atomic E-state index is 12.4. The van der Waals surface area contributed by atoms with Crippen LogP contribution in [0.5, 0.6) is 5.75 Å². The molecule has 160 valence electrons. The van der Waals surface area contributed by atoms with Crippen molar-refractivity contribution in [3.8, 4) is 16.9 Å². The number of hydrogen-bond donors (Lipinski definition) is 0. The molecule has 1 atom stereocenters. The lowest BCUT2D eigenvalue weighted by atomic mass is 10.0. The van der Waals surface area contributed by atoms with Crippen LogP contribution in [0.4, 0.5) is 5.95 Å². The molecular weight excluding hydrogens is 382 g/mol. The summed E-state index contributed by atoms with van der Waals surface area (Å²) in [4.78, 5) is 27.7. The first-order valence-corrected chi connectivity index (χ1v) is 10.4. The molecule has 8 heteroatoms. The number of morpholine rings is 1. The van der Waals surface area contributed by atoms with Crippen molar-refractivity contribution >= 4 is 11.9 Å². The molecule has 1 aromatic carbocycles. The van der Waals surface area contributed by atoms with Crippen LogP contribution in [0.25, 0.3) is 11.1 Å². The molecule has 2 aliphatic rings. The smallest absolute Gasteiger partial charge is 0.236 e. The van der Waals surface area contributed by atoms with E-state index >= 15 is 0 Å². The molecule has 4 rings (SSSR count). The summed E-state index contributed by atoms with van der Waals surface area (Å²) < 4.78 is 11.4. The Balaban J connectivity index is 1.59. The zero-order valence-electron chi connectivity index (χ0n) is 17.9. The lowest BCUT2D eigenvalue weighted by Gasteiger charge is -2.36. The molecule has 0 saturated carbocycles. The highest BCUT2D eigenvalue weighted by molar-refractivity contribution is 5.79. The first-order valence-electron chi connectivity index (χ1n) is 10.4. The predicted octanol–water partition coefficient (Wildman–Crippen LogP) is 1.82. The predicted molar refractivity (Wildman–Crippen MR) is 115 cm³/mol. The Bertz CT molecular complexity index is 883. The third kappa shape index (κ3) is 4.39. The Morgan fingerprint density at radius 1 is 1.23 bits per heavy atom. The number of amides is 1. The van der Waals surface area contributed by atoms with Crippen LogP contribution in [0.15, 0.2) is 30.5 Å². The van der Waals surface area contributed by atoms with Crippen LogP contribution < -0.4 is 9.64 Å². The second-order valence-corrected chi connectivity index (χ2v) is 7.92. The van der Waals surface area contributed by atoms with E-state index in [0.717, 1.165) is 48.6 Å². The number of benzene rings is 1. The van der Waals surface area contributed by atoms with E-state index in [0.29, 0.717) is 25.6 Å². The topological polar surface area (TPSA) is 71.0 Å². The summed E-state index contributed by atoms with van der Waals surface area (Å²) in [5, 5.41) is 0. The molecule has 3 heterocycles. The minimum absolute atomic E-state index is 0.203. The maximum atomic E-state index is 12.4. The average molecular weight is 412 g/mol. The van der Waals surface area contributed by atoms with Crippen molar-refractivity contribution in [3.63, 3.8) is 0 Å². The molecule has 1 amide bonds. The molecule has 8 nitrogen and oxygen atoms in total. The van der Waals surface area contributed by atoms with E-state index in [1.165, 1.54) is 0 Å². The quantitative estimate of drug-likeness (QED) is 0.718. The summed E-state index contributed by atoms with van der Waals surface area (Å²) in [5.41, 5.74) is 2.79. The van der Waals surface area contributed by atoms with Gasteiger partial charge in [-0.05, 0) is 24.1 Å². The molecule has 0 aliphatic carbocycles. The normalized spacial score (nSPS) is 19.3. The minimum atomic E-state index is -0.221. The number of rotatable bonds is 6. The van der Waals surface area contributed by atoms with Gasteiger partial charge in [-0.3, -0.25) is 9.69 Å². The van der Waals surface area contributed by atoms with Crippen LogP contribution in [0.3, 0.4) is 0 Å². The highest BCUT2D eigenvalue weighted by Crippen LogP contribution is 2.32. The minimum Gasteiger partial charge on any atom is -0.497 e. The van der Waals surface area contributed by atoms with Crippen molar-refractivity contribution in [2.45, 2.75) is 12.5 Å². The highest BCUT2D eigenvalue weighted by Gasteiger charge is 2.29. The molecule has 0 N–H and O–H groups in total. The summed E-state index contributed by atoms with van der Waals surface area (Å²) in [7, 11) is 5.50. The van der Waals surface area contributed by atoms with E-state index in [2.05, 4.69) is 9.88 Å². The molecule has 2 aromatic rings. The fraction of sp³-hybridized carbons (Fsp3) is 0.500. The fourth-order valence-corrected chi connectivity index (χ4v) is 3.71. The number of ether oxygens (including phenoxy) is 2. The molecule has 0 spiro atoms. The molecule has 30 heavy (non-hydrogen) atoms. The Morgan fingerprint density at radius 3 is 2.63 bits per heavy atom. The van der Waals surface area contributed by atoms with Gasteiger partial charge in [-0.1, -0.05) is 12.1 Å². The lowest BCUT2D eigenvalue weighted by molar-refractivity contribution is -0.137. The van der Waals surface area contributed by atoms with Crippen molar-refractivity contribution < 1.29 is 14.3 Å². The van der Waals surface area contributed by atoms with Gasteiger partial charge in [0.2, 0.25) is 11.9 Å². The van der Waals surface area contributed by atoms with Crippen LogP contribution >= 0.6 is 0 Å². The molecular formula is C22H29N5O3. The van der Waals surface area contributed by atoms with E-state index < -0.39 is 0 Å². The standard InChI is InChI=1S/C22H29N5O3/c1-25(2)22-23-13-18(16-5-7-17(29-3)8-6-16)21(24-22)19-14-26(11-12-30-19)15-20(28)27-9-4-10-27/h5-8,13,19H,4,9-12,14-15H2,1-3H3/t19-/m0/s1. The van der Waals surface area contributed by atoms with Crippen LogP contribution in [0, 0.1) is 0 Å². The first-order chi connectivity index (χ1) is 14.5. The molecule has 1 aromatic heterocycles. The van der Waals surface area contributed by atoms with Crippen LogP contribution in [-0.4, -0.2) is 86.2 Å². The average Bonchev–Trinajstić information content (AvgIpc) is 2.72. The number of likely N-dealkylation sites (tertiary alicyclic amines) is 1. The number of anilines is 1. The van der Waals surface area contributed by atoms with Crippen LogP contribution in [0.2, 0.25) is 0 Å². The monoisotopic (exact) mass is 411 g/mol. The van der Waals surface area contributed by atoms with Gasteiger partial charge in [-0.25, -0.2) is 9.97 Å². The number of carbonyl (C=O) groups is 1. The maximum Gasteiger partial charge on any atom is 0.236 e. The second-order valence-electron chi connectivity index (χ2n) is 7.92. The zero-order valence-corrected chi connectivity index (χ0v) is 17.9. The van der Waals surface area contributed by atoms with Crippen LogP contribution in [-0.2, 0) is 9.53 Å². The van der Waals surface area contributed by atoms with Gasteiger partial charge in [-0.2, -0.15) is 0 Å². The van der Waals surface area contributed by atoms with Gasteiger partial charge in [-0.15, -0.1) is 0 Å². The molecule has 2 aliphatic heterocycles. The lowest BCUT2D eigenvalue weighted by Crippen LogP contribution is -2.49. The first kappa shape index (κ1) is 20.6.